The van der Waals surface area contributed by atoms with E-state index in [2.05, 4.69) is 21.4 Å². The Bertz CT molecular complexity index is 1120. The third-order valence-corrected chi connectivity index (χ3v) is 4.94. The van der Waals surface area contributed by atoms with Crippen molar-refractivity contribution in [2.75, 3.05) is 16.8 Å². The minimum absolute atomic E-state index is 0.178. The molecule has 1 aromatic carbocycles. The third-order valence-electron chi connectivity index (χ3n) is 4.94. The molecule has 0 radical (unpaired) electrons. The molecule has 7 nitrogen and oxygen atoms in total. The monoisotopic (exact) mass is 358 g/mol. The van der Waals surface area contributed by atoms with Crippen LogP contribution < -0.4 is 16.8 Å². The lowest BCUT2D eigenvalue weighted by Gasteiger charge is -2.11. The van der Waals surface area contributed by atoms with Crippen LogP contribution in [-0.2, 0) is 4.79 Å². The fraction of sp³-hybridized carbons (Fsp3) is 0.200. The van der Waals surface area contributed by atoms with Crippen molar-refractivity contribution in [3.63, 3.8) is 0 Å². The van der Waals surface area contributed by atoms with Gasteiger partial charge in [0.1, 0.15) is 11.6 Å². The topological polar surface area (TPSA) is 131 Å². The number of amides is 1. The molecule has 0 spiro atoms. The Hall–Kier alpha value is -3.66. The van der Waals surface area contributed by atoms with Gasteiger partial charge in [-0.05, 0) is 42.5 Å². The van der Waals surface area contributed by atoms with Crippen LogP contribution in [0.3, 0.4) is 0 Å². The van der Waals surface area contributed by atoms with Crippen LogP contribution in [0.2, 0.25) is 0 Å². The quantitative estimate of drug-likeness (QED) is 0.617. The van der Waals surface area contributed by atoms with Gasteiger partial charge < -0.3 is 16.8 Å². The van der Waals surface area contributed by atoms with Crippen molar-refractivity contribution >= 4 is 34.0 Å². The minimum atomic E-state index is -0.250. The summed E-state index contributed by atoms with van der Waals surface area (Å²) < 4.78 is 0. The first-order chi connectivity index (χ1) is 13.0. The molecule has 3 aromatic rings. The highest BCUT2D eigenvalue weighted by atomic mass is 16.2. The molecular weight excluding hydrogens is 340 g/mol. The smallest absolute Gasteiger partial charge is 0.230 e. The lowest BCUT2D eigenvalue weighted by Crippen LogP contribution is -2.15. The Kier molecular flexibility index (Phi) is 3.89. The van der Waals surface area contributed by atoms with Gasteiger partial charge in [0.2, 0.25) is 5.91 Å². The Morgan fingerprint density at radius 1 is 1.33 bits per heavy atom. The van der Waals surface area contributed by atoms with E-state index >= 15 is 0 Å². The molecule has 5 N–H and O–H groups in total. The number of nitrogens with two attached hydrogens (primary N) is 2. The largest absolute Gasteiger partial charge is 0.398 e. The Balaban J connectivity index is 1.71. The highest BCUT2D eigenvalue weighted by molar-refractivity contribution is 5.98. The van der Waals surface area contributed by atoms with E-state index in [0.29, 0.717) is 34.8 Å². The van der Waals surface area contributed by atoms with Crippen molar-refractivity contribution in [1.82, 2.24) is 9.97 Å². The number of fused-ring (bicyclic) bond motifs is 1. The predicted molar refractivity (Wildman–Crippen MR) is 104 cm³/mol. The number of nitrogen functional groups attached to an aromatic ring is 2. The van der Waals surface area contributed by atoms with Gasteiger partial charge in [-0.3, -0.25) is 4.79 Å². The van der Waals surface area contributed by atoms with Gasteiger partial charge in [0.05, 0.1) is 23.6 Å². The maximum atomic E-state index is 12.2. The Morgan fingerprint density at radius 3 is 2.89 bits per heavy atom. The van der Waals surface area contributed by atoms with Crippen LogP contribution in [0.1, 0.15) is 12.0 Å². The number of aromatic nitrogens is 2. The van der Waals surface area contributed by atoms with Crippen LogP contribution in [0.5, 0.6) is 0 Å². The van der Waals surface area contributed by atoms with E-state index in [1.165, 1.54) is 0 Å². The molecule has 1 amide bonds. The molecule has 0 saturated heterocycles. The normalized spacial score (nSPS) is 18.1. The molecule has 134 valence electrons. The third kappa shape index (κ3) is 3.02. The minimum Gasteiger partial charge on any atom is -0.398 e. The van der Waals surface area contributed by atoms with Crippen LogP contribution in [0.4, 0.5) is 17.3 Å². The Labute approximate surface area is 156 Å². The molecule has 1 fully saturated rings. The van der Waals surface area contributed by atoms with Crippen LogP contribution in [0.15, 0.2) is 36.5 Å². The number of nitriles is 1. The summed E-state index contributed by atoms with van der Waals surface area (Å²) in [5, 5.41) is 13.2. The van der Waals surface area contributed by atoms with Crippen molar-refractivity contribution in [3.05, 3.63) is 42.1 Å². The number of benzene rings is 1. The van der Waals surface area contributed by atoms with Gasteiger partial charge in [-0.15, -0.1) is 0 Å². The molecule has 1 aliphatic carbocycles. The van der Waals surface area contributed by atoms with Gasteiger partial charge in [0, 0.05) is 22.8 Å². The number of carbonyl (C=O) groups is 1. The standard InChI is InChI=1S/C20H18N6O/c1-10-13(3-2-4-16(10)22)17-6-11-7-18(24-9-15(11)19(23)25-17)26-20(27)14-5-12(14)8-21/h2-4,6-7,9,12,14H,5,22H2,1H3,(H2,23,25)(H,24,26,27)/t12-,14+/m1/s1. The zero-order valence-electron chi connectivity index (χ0n) is 14.7. The highest BCUT2D eigenvalue weighted by Gasteiger charge is 2.43. The van der Waals surface area contributed by atoms with Gasteiger partial charge in [-0.1, -0.05) is 12.1 Å². The van der Waals surface area contributed by atoms with E-state index in [4.69, 9.17) is 16.7 Å². The van der Waals surface area contributed by atoms with Gasteiger partial charge >= 0.3 is 0 Å². The van der Waals surface area contributed by atoms with Crippen LogP contribution in [0.25, 0.3) is 22.0 Å². The number of nitrogens with one attached hydrogen (secondary N) is 1. The molecule has 1 saturated carbocycles. The molecule has 7 heteroatoms. The van der Waals surface area contributed by atoms with Crippen molar-refractivity contribution in [3.8, 4) is 17.3 Å². The maximum Gasteiger partial charge on any atom is 0.230 e. The molecule has 0 unspecified atom stereocenters. The second-order valence-electron chi connectivity index (χ2n) is 6.77. The fourth-order valence-corrected chi connectivity index (χ4v) is 3.16. The summed E-state index contributed by atoms with van der Waals surface area (Å²) in [6.07, 6.45) is 2.20. The number of pyridine rings is 2. The second-order valence-corrected chi connectivity index (χ2v) is 6.77. The first-order valence-electron chi connectivity index (χ1n) is 8.60. The molecule has 2 atom stereocenters. The number of hydrogen-bond acceptors (Lipinski definition) is 6. The van der Waals surface area contributed by atoms with Gasteiger partial charge in [0.15, 0.2) is 0 Å². The number of nitrogens with zero attached hydrogens (tertiary/aromatic N) is 3. The lowest BCUT2D eigenvalue weighted by molar-refractivity contribution is -0.117. The van der Waals surface area contributed by atoms with E-state index in [-0.39, 0.29) is 17.7 Å². The van der Waals surface area contributed by atoms with Crippen LogP contribution in [-0.4, -0.2) is 15.9 Å². The van der Waals surface area contributed by atoms with Crippen LogP contribution >= 0.6 is 0 Å². The Morgan fingerprint density at radius 2 is 2.15 bits per heavy atom. The molecule has 0 bridgehead atoms. The predicted octanol–water partition coefficient (Wildman–Crippen LogP) is 2.87. The van der Waals surface area contributed by atoms with Gasteiger partial charge in [0.25, 0.3) is 0 Å². The van der Waals surface area contributed by atoms with E-state index < -0.39 is 0 Å². The molecule has 1 aliphatic rings. The van der Waals surface area contributed by atoms with Gasteiger partial charge in [-0.2, -0.15) is 5.26 Å². The van der Waals surface area contributed by atoms with Crippen molar-refractivity contribution in [2.45, 2.75) is 13.3 Å². The average Bonchev–Trinajstić information content (AvgIpc) is 3.44. The maximum absolute atomic E-state index is 12.2. The van der Waals surface area contributed by atoms with E-state index in [1.807, 2.05) is 31.2 Å². The molecule has 2 aromatic heterocycles. The highest BCUT2D eigenvalue weighted by Crippen LogP contribution is 2.38. The molecular formula is C20H18N6O. The molecule has 2 heterocycles. The summed E-state index contributed by atoms with van der Waals surface area (Å²) in [7, 11) is 0. The van der Waals surface area contributed by atoms with Gasteiger partial charge in [-0.25, -0.2) is 9.97 Å². The lowest BCUT2D eigenvalue weighted by atomic mass is 10.0. The van der Waals surface area contributed by atoms with E-state index in [0.717, 1.165) is 16.5 Å². The first-order valence-corrected chi connectivity index (χ1v) is 8.60. The van der Waals surface area contributed by atoms with E-state index in [9.17, 15) is 4.79 Å². The zero-order valence-corrected chi connectivity index (χ0v) is 14.7. The summed E-state index contributed by atoms with van der Waals surface area (Å²) in [5.41, 5.74) is 15.4. The SMILES string of the molecule is Cc1c(N)cccc1-c1cc2cc(NC(=O)[C@H]3C[C@@H]3C#N)ncc2c(N)n1. The van der Waals surface area contributed by atoms with Crippen molar-refractivity contribution < 1.29 is 4.79 Å². The van der Waals surface area contributed by atoms with E-state index in [1.54, 1.807) is 12.3 Å². The van der Waals surface area contributed by atoms with Crippen molar-refractivity contribution in [2.24, 2.45) is 11.8 Å². The summed E-state index contributed by atoms with van der Waals surface area (Å²) >= 11 is 0. The van der Waals surface area contributed by atoms with Crippen LogP contribution in [0, 0.1) is 30.1 Å². The summed E-state index contributed by atoms with van der Waals surface area (Å²) in [6, 6.07) is 11.4. The summed E-state index contributed by atoms with van der Waals surface area (Å²) in [6.45, 7) is 1.94. The molecule has 4 rings (SSSR count). The summed E-state index contributed by atoms with van der Waals surface area (Å²) in [4.78, 5) is 20.9. The average molecular weight is 358 g/mol. The first kappa shape index (κ1) is 16.8. The fourth-order valence-electron chi connectivity index (χ4n) is 3.16. The molecule has 0 aliphatic heterocycles. The number of rotatable bonds is 3. The number of carbonyl (C=O) groups excluding carboxylic acids is 1. The molecule has 27 heavy (non-hydrogen) atoms. The van der Waals surface area contributed by atoms with Crippen molar-refractivity contribution in [1.29, 1.82) is 5.26 Å². The summed E-state index contributed by atoms with van der Waals surface area (Å²) in [5.74, 6) is 0.171. The second kappa shape index (κ2) is 6.25. The number of anilines is 3. The number of hydrogen-bond donors (Lipinski definition) is 3. The zero-order chi connectivity index (χ0) is 19.1.